The number of carbonyl (C=O) groups is 1. The summed E-state index contributed by atoms with van der Waals surface area (Å²) in [6.45, 7) is 7.93. The molecule has 2 aromatic rings. The molecule has 0 spiro atoms. The molecule has 0 unspecified atom stereocenters. The van der Waals surface area contributed by atoms with Crippen molar-refractivity contribution in [3.8, 4) is 11.5 Å². The van der Waals surface area contributed by atoms with Gasteiger partial charge in [0.25, 0.3) is 0 Å². The highest BCUT2D eigenvalue weighted by Crippen LogP contribution is 2.37. The van der Waals surface area contributed by atoms with E-state index in [4.69, 9.17) is 14.0 Å². The number of amides is 1. The summed E-state index contributed by atoms with van der Waals surface area (Å²) < 4.78 is 16.2. The van der Waals surface area contributed by atoms with Gasteiger partial charge >= 0.3 is 0 Å². The molecule has 0 N–H and O–H groups in total. The number of piperidine rings is 1. The third kappa shape index (κ3) is 3.98. The lowest BCUT2D eigenvalue weighted by atomic mass is 9.76. The number of hydrogen-bond acceptors (Lipinski definition) is 6. The SMILES string of the molecule is CC(C)c1noc(CCN2C[C@](C)(Cc3ccc4c(c3)OCO4)CCC2=O)n1. The van der Waals surface area contributed by atoms with E-state index in [-0.39, 0.29) is 24.0 Å². The summed E-state index contributed by atoms with van der Waals surface area (Å²) in [7, 11) is 0. The van der Waals surface area contributed by atoms with Gasteiger partial charge in [0, 0.05) is 31.8 Å². The Morgan fingerprint density at radius 2 is 2.07 bits per heavy atom. The van der Waals surface area contributed by atoms with E-state index in [1.54, 1.807) is 0 Å². The van der Waals surface area contributed by atoms with E-state index in [1.165, 1.54) is 5.56 Å². The van der Waals surface area contributed by atoms with Crippen LogP contribution >= 0.6 is 0 Å². The highest BCUT2D eigenvalue weighted by Gasteiger charge is 2.35. The predicted molar refractivity (Wildman–Crippen MR) is 102 cm³/mol. The fraction of sp³-hybridized carbons (Fsp3) is 0.571. The van der Waals surface area contributed by atoms with Crippen LogP contribution in [0.3, 0.4) is 0 Å². The van der Waals surface area contributed by atoms with Crippen LogP contribution in [0.1, 0.15) is 56.8 Å². The van der Waals surface area contributed by atoms with Gasteiger partial charge in [0.05, 0.1) is 0 Å². The molecule has 2 aliphatic heterocycles. The van der Waals surface area contributed by atoms with Gasteiger partial charge in [-0.15, -0.1) is 0 Å². The van der Waals surface area contributed by atoms with Crippen LogP contribution in [0.15, 0.2) is 22.7 Å². The van der Waals surface area contributed by atoms with Crippen molar-refractivity contribution in [2.24, 2.45) is 5.41 Å². The van der Waals surface area contributed by atoms with Crippen molar-refractivity contribution in [3.63, 3.8) is 0 Å². The summed E-state index contributed by atoms with van der Waals surface area (Å²) in [6.07, 6.45) is 2.94. The fourth-order valence-electron chi connectivity index (χ4n) is 3.92. The molecule has 7 nitrogen and oxygen atoms in total. The predicted octanol–water partition coefficient (Wildman–Crippen LogP) is 3.34. The number of carbonyl (C=O) groups excluding carboxylic acids is 1. The van der Waals surface area contributed by atoms with Crippen molar-refractivity contribution >= 4 is 5.91 Å². The molecule has 0 radical (unpaired) electrons. The van der Waals surface area contributed by atoms with E-state index >= 15 is 0 Å². The van der Waals surface area contributed by atoms with Crippen molar-refractivity contribution in [3.05, 3.63) is 35.5 Å². The fourth-order valence-corrected chi connectivity index (χ4v) is 3.92. The number of hydrogen-bond donors (Lipinski definition) is 0. The first-order valence-electron chi connectivity index (χ1n) is 9.91. The van der Waals surface area contributed by atoms with Gasteiger partial charge in [-0.3, -0.25) is 4.79 Å². The monoisotopic (exact) mass is 385 g/mol. The summed E-state index contributed by atoms with van der Waals surface area (Å²) >= 11 is 0. The molecule has 1 aromatic carbocycles. The molecule has 0 bridgehead atoms. The number of likely N-dealkylation sites (tertiary alicyclic amines) is 1. The zero-order chi connectivity index (χ0) is 19.7. The number of ether oxygens (including phenoxy) is 2. The molecule has 0 saturated carbocycles. The highest BCUT2D eigenvalue weighted by atomic mass is 16.7. The average molecular weight is 385 g/mol. The first-order valence-corrected chi connectivity index (χ1v) is 9.91. The Bertz CT molecular complexity index is 863. The van der Waals surface area contributed by atoms with Crippen LogP contribution in [0, 0.1) is 5.41 Å². The van der Waals surface area contributed by atoms with Gasteiger partial charge in [0.15, 0.2) is 17.3 Å². The molecular weight excluding hydrogens is 358 g/mol. The van der Waals surface area contributed by atoms with Crippen molar-refractivity contribution in [1.82, 2.24) is 15.0 Å². The number of benzene rings is 1. The standard InChI is InChI=1S/C21H27N3O4/c1-14(2)20-22-18(28-23-20)7-9-24-12-21(3,8-6-19(24)25)11-15-4-5-16-17(10-15)27-13-26-16/h4-5,10,14H,6-9,11-13H2,1-3H3/t21-/m0/s1. The Balaban J connectivity index is 1.39. The van der Waals surface area contributed by atoms with Gasteiger partial charge in [0.2, 0.25) is 18.6 Å². The third-order valence-corrected chi connectivity index (χ3v) is 5.53. The molecular formula is C21H27N3O4. The van der Waals surface area contributed by atoms with Crippen molar-refractivity contribution in [2.75, 3.05) is 19.9 Å². The quantitative estimate of drug-likeness (QED) is 0.759. The van der Waals surface area contributed by atoms with Crippen LogP contribution < -0.4 is 9.47 Å². The highest BCUT2D eigenvalue weighted by molar-refractivity contribution is 5.77. The summed E-state index contributed by atoms with van der Waals surface area (Å²) in [5, 5.41) is 4.00. The van der Waals surface area contributed by atoms with Crippen LogP contribution in [0.5, 0.6) is 11.5 Å². The van der Waals surface area contributed by atoms with Crippen LogP contribution in [0.2, 0.25) is 0 Å². The Hall–Kier alpha value is -2.57. The average Bonchev–Trinajstić information content (AvgIpc) is 3.31. The van der Waals surface area contributed by atoms with Gasteiger partial charge in [-0.2, -0.15) is 4.98 Å². The molecule has 7 heteroatoms. The minimum atomic E-state index is 0.0273. The zero-order valence-corrected chi connectivity index (χ0v) is 16.7. The lowest BCUT2D eigenvalue weighted by molar-refractivity contribution is -0.137. The normalized spacial score (nSPS) is 21.6. The van der Waals surface area contributed by atoms with Crippen LogP contribution in [-0.4, -0.2) is 40.8 Å². The summed E-state index contributed by atoms with van der Waals surface area (Å²) in [5.41, 5.74) is 1.24. The maximum absolute atomic E-state index is 12.4. The largest absolute Gasteiger partial charge is 0.454 e. The number of aromatic nitrogens is 2. The van der Waals surface area contributed by atoms with E-state index < -0.39 is 0 Å². The molecule has 1 fully saturated rings. The van der Waals surface area contributed by atoms with Crippen LogP contribution in [0.25, 0.3) is 0 Å². The molecule has 150 valence electrons. The van der Waals surface area contributed by atoms with Crippen molar-refractivity contribution < 1.29 is 18.8 Å². The first kappa shape index (κ1) is 18.8. The smallest absolute Gasteiger partial charge is 0.231 e. The Morgan fingerprint density at radius 3 is 2.86 bits per heavy atom. The Kier molecular flexibility index (Phi) is 5.00. The second kappa shape index (κ2) is 7.45. The van der Waals surface area contributed by atoms with Gasteiger partial charge in [-0.05, 0) is 36.0 Å². The Labute approximate surface area is 165 Å². The molecule has 4 rings (SSSR count). The maximum Gasteiger partial charge on any atom is 0.231 e. The second-order valence-electron chi connectivity index (χ2n) is 8.44. The van der Waals surface area contributed by atoms with Crippen molar-refractivity contribution in [1.29, 1.82) is 0 Å². The molecule has 1 aromatic heterocycles. The second-order valence-corrected chi connectivity index (χ2v) is 8.44. The van der Waals surface area contributed by atoms with Crippen LogP contribution in [0.4, 0.5) is 0 Å². The molecule has 2 aliphatic rings. The van der Waals surface area contributed by atoms with E-state index in [2.05, 4.69) is 29.2 Å². The van der Waals surface area contributed by atoms with E-state index in [0.29, 0.717) is 31.1 Å². The molecule has 0 aliphatic carbocycles. The van der Waals surface area contributed by atoms with E-state index in [0.717, 1.165) is 30.9 Å². The topological polar surface area (TPSA) is 77.7 Å². The zero-order valence-electron chi connectivity index (χ0n) is 16.7. The van der Waals surface area contributed by atoms with Gasteiger partial charge in [0.1, 0.15) is 0 Å². The van der Waals surface area contributed by atoms with Gasteiger partial charge in [-0.1, -0.05) is 32.0 Å². The summed E-state index contributed by atoms with van der Waals surface area (Å²) in [6, 6.07) is 6.11. The minimum absolute atomic E-state index is 0.0273. The molecule has 1 amide bonds. The third-order valence-electron chi connectivity index (χ3n) is 5.53. The summed E-state index contributed by atoms with van der Waals surface area (Å²) in [4.78, 5) is 18.8. The molecule has 3 heterocycles. The maximum atomic E-state index is 12.4. The molecule has 1 saturated heterocycles. The van der Waals surface area contributed by atoms with E-state index in [1.807, 2.05) is 24.8 Å². The minimum Gasteiger partial charge on any atom is -0.454 e. The van der Waals surface area contributed by atoms with E-state index in [9.17, 15) is 4.79 Å². The first-order chi connectivity index (χ1) is 13.4. The van der Waals surface area contributed by atoms with Crippen molar-refractivity contribution in [2.45, 2.75) is 52.4 Å². The van der Waals surface area contributed by atoms with Gasteiger partial charge < -0.3 is 18.9 Å². The number of fused-ring (bicyclic) bond motifs is 1. The van der Waals surface area contributed by atoms with Gasteiger partial charge in [-0.25, -0.2) is 0 Å². The summed E-state index contributed by atoms with van der Waals surface area (Å²) in [5.74, 6) is 3.36. The number of rotatable bonds is 6. The lowest BCUT2D eigenvalue weighted by Crippen LogP contribution is -2.46. The number of nitrogens with zero attached hydrogens (tertiary/aromatic N) is 3. The molecule has 28 heavy (non-hydrogen) atoms. The van der Waals surface area contributed by atoms with Crippen LogP contribution in [-0.2, 0) is 17.6 Å². The Morgan fingerprint density at radius 1 is 1.25 bits per heavy atom. The lowest BCUT2D eigenvalue weighted by Gasteiger charge is -2.40. The molecule has 1 atom stereocenters.